The van der Waals surface area contributed by atoms with Gasteiger partial charge in [0.05, 0.1) is 0 Å². The van der Waals surface area contributed by atoms with E-state index in [0.717, 1.165) is 5.57 Å². The highest BCUT2D eigenvalue weighted by Crippen LogP contribution is 2.18. The number of hydrogen-bond acceptors (Lipinski definition) is 1. The zero-order chi connectivity index (χ0) is 9.94. The number of ketones is 1. The first-order valence-electron chi connectivity index (χ1n) is 4.47. The first-order chi connectivity index (χ1) is 5.25. The molecule has 0 rings (SSSR count). The Bertz CT molecular complexity index is 192. The topological polar surface area (TPSA) is 17.1 Å². The number of carbonyl (C=O) groups is 1. The Labute approximate surface area is 75.9 Å². The molecule has 0 aliphatic rings. The van der Waals surface area contributed by atoms with Gasteiger partial charge in [0.2, 0.25) is 0 Å². The van der Waals surface area contributed by atoms with Crippen LogP contribution in [0.2, 0.25) is 0 Å². The molecule has 1 heteroatoms. The molecule has 0 aliphatic carbocycles. The molecule has 0 saturated heterocycles. The van der Waals surface area contributed by atoms with Crippen molar-refractivity contribution in [2.45, 2.75) is 41.5 Å². The second-order valence-corrected chi connectivity index (χ2v) is 4.66. The molecule has 70 valence electrons. The average molecular weight is 168 g/mol. The van der Waals surface area contributed by atoms with Gasteiger partial charge in [-0.3, -0.25) is 4.79 Å². The molecule has 0 aliphatic heterocycles. The Balaban J connectivity index is 4.46. The Morgan fingerprint density at radius 1 is 1.25 bits per heavy atom. The van der Waals surface area contributed by atoms with Crippen LogP contribution in [0.4, 0.5) is 0 Å². The highest BCUT2D eigenvalue weighted by atomic mass is 16.1. The third-order valence-electron chi connectivity index (χ3n) is 2.01. The van der Waals surface area contributed by atoms with Gasteiger partial charge in [-0.25, -0.2) is 0 Å². The fourth-order valence-electron chi connectivity index (χ4n) is 0.590. The van der Waals surface area contributed by atoms with E-state index in [2.05, 4.69) is 13.8 Å². The average Bonchev–Trinajstić information content (AvgIpc) is 1.85. The van der Waals surface area contributed by atoms with E-state index < -0.39 is 0 Å². The molecule has 0 bridgehead atoms. The monoisotopic (exact) mass is 168 g/mol. The smallest absolute Gasteiger partial charge is 0.160 e. The van der Waals surface area contributed by atoms with E-state index in [1.54, 1.807) is 6.08 Å². The van der Waals surface area contributed by atoms with Crippen LogP contribution in [0.1, 0.15) is 41.5 Å². The fraction of sp³-hybridized carbons (Fsp3) is 0.727. The minimum absolute atomic E-state index is 0.216. The molecule has 0 heterocycles. The van der Waals surface area contributed by atoms with Gasteiger partial charge in [0.25, 0.3) is 0 Å². The third kappa shape index (κ3) is 3.70. The van der Waals surface area contributed by atoms with Crippen LogP contribution >= 0.6 is 0 Å². The van der Waals surface area contributed by atoms with Gasteiger partial charge in [0.1, 0.15) is 0 Å². The molecule has 0 aromatic rings. The second kappa shape index (κ2) is 3.88. The van der Waals surface area contributed by atoms with Crippen molar-refractivity contribution in [3.63, 3.8) is 0 Å². The Hall–Kier alpha value is -0.590. The van der Waals surface area contributed by atoms with Crippen LogP contribution in [0, 0.1) is 11.3 Å². The Morgan fingerprint density at radius 2 is 1.67 bits per heavy atom. The van der Waals surface area contributed by atoms with Crippen molar-refractivity contribution in [2.24, 2.45) is 11.3 Å². The Morgan fingerprint density at radius 3 is 1.92 bits per heavy atom. The quantitative estimate of drug-likeness (QED) is 0.579. The molecule has 0 radical (unpaired) electrons. The lowest BCUT2D eigenvalue weighted by atomic mass is 9.88. The summed E-state index contributed by atoms with van der Waals surface area (Å²) >= 11 is 0. The number of allylic oxidation sites excluding steroid dienone is 2. The highest BCUT2D eigenvalue weighted by molar-refractivity contribution is 5.94. The van der Waals surface area contributed by atoms with Crippen molar-refractivity contribution < 1.29 is 4.79 Å². The molecule has 0 aromatic heterocycles. The maximum Gasteiger partial charge on any atom is 0.160 e. The van der Waals surface area contributed by atoms with Crippen LogP contribution in [-0.2, 0) is 4.79 Å². The standard InChI is InChI=1S/C11H20O/c1-8(2)9(3)7-10(12)11(4,5)6/h7-8H,1-6H3. The SMILES string of the molecule is CC(=CC(=O)C(C)(C)C)C(C)C. The molecule has 0 unspecified atom stereocenters. The molecule has 1 nitrogen and oxygen atoms in total. The van der Waals surface area contributed by atoms with Gasteiger partial charge in [-0.1, -0.05) is 40.2 Å². The second-order valence-electron chi connectivity index (χ2n) is 4.66. The summed E-state index contributed by atoms with van der Waals surface area (Å²) in [5.41, 5.74) is 0.922. The lowest BCUT2D eigenvalue weighted by molar-refractivity contribution is -0.121. The summed E-state index contributed by atoms with van der Waals surface area (Å²) in [6, 6.07) is 0. The van der Waals surface area contributed by atoms with E-state index in [1.165, 1.54) is 0 Å². The largest absolute Gasteiger partial charge is 0.294 e. The van der Waals surface area contributed by atoms with Crippen LogP contribution in [0.3, 0.4) is 0 Å². The molecule has 0 atom stereocenters. The minimum atomic E-state index is -0.240. The predicted molar refractivity (Wildman–Crippen MR) is 53.1 cm³/mol. The molecular formula is C11H20O. The predicted octanol–water partition coefficient (Wildman–Crippen LogP) is 3.20. The summed E-state index contributed by atoms with van der Waals surface area (Å²) < 4.78 is 0. The van der Waals surface area contributed by atoms with Gasteiger partial charge in [-0.05, 0) is 18.9 Å². The number of rotatable bonds is 2. The summed E-state index contributed by atoms with van der Waals surface area (Å²) in [7, 11) is 0. The van der Waals surface area contributed by atoms with E-state index in [4.69, 9.17) is 0 Å². The van der Waals surface area contributed by atoms with Gasteiger partial charge in [0, 0.05) is 5.41 Å². The fourth-order valence-corrected chi connectivity index (χ4v) is 0.590. The summed E-state index contributed by atoms with van der Waals surface area (Å²) in [6.45, 7) is 12.0. The molecule has 0 aromatic carbocycles. The first kappa shape index (κ1) is 11.4. The van der Waals surface area contributed by atoms with Gasteiger partial charge in [-0.2, -0.15) is 0 Å². The van der Waals surface area contributed by atoms with E-state index in [9.17, 15) is 4.79 Å². The zero-order valence-electron chi connectivity index (χ0n) is 9.06. The highest BCUT2D eigenvalue weighted by Gasteiger charge is 2.18. The summed E-state index contributed by atoms with van der Waals surface area (Å²) in [5.74, 6) is 0.685. The minimum Gasteiger partial charge on any atom is -0.294 e. The van der Waals surface area contributed by atoms with E-state index in [0.29, 0.717) is 5.92 Å². The van der Waals surface area contributed by atoms with Crippen molar-refractivity contribution >= 4 is 5.78 Å². The van der Waals surface area contributed by atoms with Gasteiger partial charge in [0.15, 0.2) is 5.78 Å². The Kier molecular flexibility index (Phi) is 3.69. The summed E-state index contributed by atoms with van der Waals surface area (Å²) in [4.78, 5) is 11.5. The first-order valence-corrected chi connectivity index (χ1v) is 4.47. The van der Waals surface area contributed by atoms with E-state index >= 15 is 0 Å². The van der Waals surface area contributed by atoms with Gasteiger partial charge < -0.3 is 0 Å². The maximum absolute atomic E-state index is 11.5. The van der Waals surface area contributed by atoms with Crippen LogP contribution < -0.4 is 0 Å². The third-order valence-corrected chi connectivity index (χ3v) is 2.01. The van der Waals surface area contributed by atoms with Crippen molar-refractivity contribution in [2.75, 3.05) is 0 Å². The van der Waals surface area contributed by atoms with Gasteiger partial charge >= 0.3 is 0 Å². The van der Waals surface area contributed by atoms with Crippen LogP contribution in [0.15, 0.2) is 11.6 Å². The maximum atomic E-state index is 11.5. The number of hydrogen-bond donors (Lipinski definition) is 0. The normalized spacial score (nSPS) is 13.8. The van der Waals surface area contributed by atoms with E-state index in [-0.39, 0.29) is 11.2 Å². The van der Waals surface area contributed by atoms with Crippen LogP contribution in [0.25, 0.3) is 0 Å². The van der Waals surface area contributed by atoms with Crippen LogP contribution in [0.5, 0.6) is 0 Å². The van der Waals surface area contributed by atoms with Crippen LogP contribution in [-0.4, -0.2) is 5.78 Å². The molecule has 12 heavy (non-hydrogen) atoms. The number of carbonyl (C=O) groups excluding carboxylic acids is 1. The lowest BCUT2D eigenvalue weighted by Gasteiger charge is -2.15. The molecule has 0 saturated carbocycles. The van der Waals surface area contributed by atoms with E-state index in [1.807, 2.05) is 27.7 Å². The van der Waals surface area contributed by atoms with Crippen molar-refractivity contribution in [1.29, 1.82) is 0 Å². The molecular weight excluding hydrogens is 148 g/mol. The van der Waals surface area contributed by atoms with Crippen molar-refractivity contribution in [3.05, 3.63) is 11.6 Å². The molecule has 0 spiro atoms. The van der Waals surface area contributed by atoms with Crippen molar-refractivity contribution in [1.82, 2.24) is 0 Å². The molecule has 0 amide bonds. The zero-order valence-corrected chi connectivity index (χ0v) is 9.06. The summed E-state index contributed by atoms with van der Waals surface area (Å²) in [5, 5.41) is 0. The molecule has 0 fully saturated rings. The van der Waals surface area contributed by atoms with Gasteiger partial charge in [-0.15, -0.1) is 0 Å². The lowest BCUT2D eigenvalue weighted by Crippen LogP contribution is -2.18. The summed E-state index contributed by atoms with van der Waals surface area (Å²) in [6.07, 6.45) is 1.77. The van der Waals surface area contributed by atoms with Crippen molar-refractivity contribution in [3.8, 4) is 0 Å². The molecule has 0 N–H and O–H groups in total.